The summed E-state index contributed by atoms with van der Waals surface area (Å²) < 4.78 is 17.3. The molecule has 5 rings (SSSR count). The number of carbonyl (C=O) groups is 1. The molecule has 1 saturated heterocycles. The number of benzene rings is 2. The lowest BCUT2D eigenvalue weighted by molar-refractivity contribution is -0.111. The van der Waals surface area contributed by atoms with Gasteiger partial charge in [-0.1, -0.05) is 31.7 Å². The van der Waals surface area contributed by atoms with Crippen LogP contribution in [0.25, 0.3) is 22.2 Å². The van der Waals surface area contributed by atoms with Gasteiger partial charge in [-0.15, -0.1) is 0 Å². The number of amides is 1. The molecule has 10 nitrogen and oxygen atoms in total. The summed E-state index contributed by atoms with van der Waals surface area (Å²) in [4.78, 5) is 25.4. The van der Waals surface area contributed by atoms with Gasteiger partial charge in [0.15, 0.2) is 0 Å². The number of nitriles is 2. The van der Waals surface area contributed by atoms with Crippen molar-refractivity contribution in [1.82, 2.24) is 19.4 Å². The molecule has 1 amide bonds. The fourth-order valence-electron chi connectivity index (χ4n) is 4.99. The Morgan fingerprint density at radius 3 is 2.66 bits per heavy atom. The molecule has 0 bridgehead atoms. The molecule has 0 aliphatic carbocycles. The van der Waals surface area contributed by atoms with Gasteiger partial charge in [0.1, 0.15) is 18.4 Å². The Balaban J connectivity index is 1.54. The molecule has 0 spiro atoms. The second-order valence-corrected chi connectivity index (χ2v) is 9.50. The minimum absolute atomic E-state index is 0.105. The molecule has 0 saturated carbocycles. The molecular weight excluding hydrogens is 521 g/mol. The Hall–Kier alpha value is -5.26. The van der Waals surface area contributed by atoms with Crippen molar-refractivity contribution in [3.63, 3.8) is 0 Å². The number of nitrogens with one attached hydrogen (secondary N) is 2. The van der Waals surface area contributed by atoms with Crippen LogP contribution in [0.1, 0.15) is 12.5 Å². The summed E-state index contributed by atoms with van der Waals surface area (Å²) in [6.07, 6.45) is 4.31. The van der Waals surface area contributed by atoms with E-state index in [1.165, 1.54) is 12.3 Å². The SMILES string of the molecule is C=CC(=O)Nc1cc(N2CCN(CC)CC2)c(F)cc1Nc1ncc(C#N)c(-c2cn(CC#N)c3ccccc23)n1. The standard InChI is InChI=1S/C30H28FN9O/c1-3-28(41)35-25-16-27(39-13-11-38(4-2)12-14-39)23(31)15-24(25)36-30-34-18-20(17-33)29(37-30)22-19-40(10-9-32)26-8-6-5-7-21(22)26/h3,5-8,15-16,18-19H,1,4,10-14H2,2H3,(H,35,41)(H,34,36,37). The number of para-hydroxylation sites is 1. The van der Waals surface area contributed by atoms with Gasteiger partial charge in [0.25, 0.3) is 0 Å². The Kier molecular flexibility index (Phi) is 7.90. The highest BCUT2D eigenvalue weighted by Gasteiger charge is 2.22. The summed E-state index contributed by atoms with van der Waals surface area (Å²) in [7, 11) is 0. The van der Waals surface area contributed by atoms with Crippen LogP contribution < -0.4 is 15.5 Å². The molecule has 2 N–H and O–H groups in total. The summed E-state index contributed by atoms with van der Waals surface area (Å²) in [5.41, 5.74) is 3.06. The van der Waals surface area contributed by atoms with Gasteiger partial charge < -0.3 is 25.0 Å². The van der Waals surface area contributed by atoms with E-state index in [2.05, 4.69) is 51.1 Å². The Morgan fingerprint density at radius 1 is 1.17 bits per heavy atom. The highest BCUT2D eigenvalue weighted by Crippen LogP contribution is 2.35. The highest BCUT2D eigenvalue weighted by molar-refractivity contribution is 6.02. The molecule has 1 fully saturated rings. The first kappa shape index (κ1) is 27.3. The van der Waals surface area contributed by atoms with Crippen molar-refractivity contribution in [2.75, 3.05) is 48.3 Å². The number of likely N-dealkylation sites (N-methyl/N-ethyl adjacent to an activating group) is 1. The number of carbonyl (C=O) groups excluding carboxylic acids is 1. The number of aromatic nitrogens is 3. The number of nitrogens with zero attached hydrogens (tertiary/aromatic N) is 7. The van der Waals surface area contributed by atoms with Crippen molar-refractivity contribution in [1.29, 1.82) is 10.5 Å². The number of anilines is 4. The first-order valence-corrected chi connectivity index (χ1v) is 13.2. The molecule has 41 heavy (non-hydrogen) atoms. The van der Waals surface area contributed by atoms with Crippen LogP contribution >= 0.6 is 0 Å². The van der Waals surface area contributed by atoms with Crippen LogP contribution in [0.2, 0.25) is 0 Å². The highest BCUT2D eigenvalue weighted by atomic mass is 19.1. The summed E-state index contributed by atoms with van der Waals surface area (Å²) >= 11 is 0. The van der Waals surface area contributed by atoms with E-state index in [-0.39, 0.29) is 23.7 Å². The minimum Gasteiger partial charge on any atom is -0.367 e. The largest absolute Gasteiger partial charge is 0.367 e. The quantitative estimate of drug-likeness (QED) is 0.305. The molecule has 206 valence electrons. The number of halogens is 1. The van der Waals surface area contributed by atoms with Crippen molar-refractivity contribution in [2.45, 2.75) is 13.5 Å². The van der Waals surface area contributed by atoms with E-state index in [1.54, 1.807) is 16.8 Å². The zero-order valence-corrected chi connectivity index (χ0v) is 22.6. The van der Waals surface area contributed by atoms with Crippen LogP contribution in [0.4, 0.5) is 27.4 Å². The molecule has 3 heterocycles. The molecule has 1 aliphatic rings. The van der Waals surface area contributed by atoms with Crippen molar-refractivity contribution in [2.24, 2.45) is 0 Å². The van der Waals surface area contributed by atoms with Gasteiger partial charge in [-0.2, -0.15) is 10.5 Å². The Labute approximate surface area is 237 Å². The smallest absolute Gasteiger partial charge is 0.247 e. The third-order valence-corrected chi connectivity index (χ3v) is 7.13. The monoisotopic (exact) mass is 549 g/mol. The average molecular weight is 550 g/mol. The van der Waals surface area contributed by atoms with E-state index in [1.807, 2.05) is 29.2 Å². The van der Waals surface area contributed by atoms with Gasteiger partial charge in [-0.25, -0.2) is 14.4 Å². The minimum atomic E-state index is -0.456. The molecule has 0 atom stereocenters. The van der Waals surface area contributed by atoms with Crippen LogP contribution in [0.3, 0.4) is 0 Å². The summed E-state index contributed by atoms with van der Waals surface area (Å²) in [5, 5.41) is 25.7. The predicted octanol–water partition coefficient (Wildman–Crippen LogP) is 4.64. The second kappa shape index (κ2) is 11.9. The predicted molar refractivity (Wildman–Crippen MR) is 156 cm³/mol. The van der Waals surface area contributed by atoms with E-state index in [9.17, 15) is 15.3 Å². The molecule has 2 aromatic carbocycles. The van der Waals surface area contributed by atoms with E-state index in [4.69, 9.17) is 0 Å². The average Bonchev–Trinajstić information content (AvgIpc) is 3.36. The number of fused-ring (bicyclic) bond motifs is 1. The fraction of sp³-hybridized carbons (Fsp3) is 0.233. The topological polar surface area (TPSA) is 126 Å². The lowest BCUT2D eigenvalue weighted by Crippen LogP contribution is -2.46. The fourth-order valence-corrected chi connectivity index (χ4v) is 4.99. The first-order chi connectivity index (χ1) is 19.9. The van der Waals surface area contributed by atoms with Gasteiger partial charge in [-0.05, 0) is 24.8 Å². The maximum atomic E-state index is 15.5. The molecule has 0 unspecified atom stereocenters. The Bertz CT molecular complexity index is 1710. The number of hydrogen-bond donors (Lipinski definition) is 2. The molecule has 4 aromatic rings. The van der Waals surface area contributed by atoms with Crippen molar-refractivity contribution in [3.05, 3.63) is 72.8 Å². The zero-order chi connectivity index (χ0) is 28.9. The number of piperazine rings is 1. The lowest BCUT2D eigenvalue weighted by atomic mass is 10.1. The van der Waals surface area contributed by atoms with Crippen molar-refractivity contribution >= 4 is 39.8 Å². The molecule has 1 aliphatic heterocycles. The van der Waals surface area contributed by atoms with Crippen LogP contribution in [0.5, 0.6) is 0 Å². The van der Waals surface area contributed by atoms with E-state index in [0.717, 1.165) is 36.6 Å². The maximum Gasteiger partial charge on any atom is 0.247 e. The van der Waals surface area contributed by atoms with Gasteiger partial charge >= 0.3 is 0 Å². The maximum absolute atomic E-state index is 15.5. The second-order valence-electron chi connectivity index (χ2n) is 9.50. The van der Waals surface area contributed by atoms with E-state index in [0.29, 0.717) is 35.7 Å². The van der Waals surface area contributed by atoms with Gasteiger partial charge in [0.2, 0.25) is 11.9 Å². The zero-order valence-electron chi connectivity index (χ0n) is 22.6. The number of rotatable bonds is 8. The van der Waals surface area contributed by atoms with Crippen LogP contribution in [-0.4, -0.2) is 58.1 Å². The van der Waals surface area contributed by atoms with Gasteiger partial charge in [-0.3, -0.25) is 4.79 Å². The van der Waals surface area contributed by atoms with E-state index >= 15 is 4.39 Å². The van der Waals surface area contributed by atoms with Crippen LogP contribution in [0.15, 0.2) is 61.4 Å². The Morgan fingerprint density at radius 2 is 1.95 bits per heavy atom. The third-order valence-electron chi connectivity index (χ3n) is 7.13. The molecule has 11 heteroatoms. The lowest BCUT2D eigenvalue weighted by Gasteiger charge is -2.36. The van der Waals surface area contributed by atoms with Crippen molar-refractivity contribution < 1.29 is 9.18 Å². The van der Waals surface area contributed by atoms with Crippen LogP contribution in [-0.2, 0) is 11.3 Å². The van der Waals surface area contributed by atoms with Gasteiger partial charge in [0, 0.05) is 54.9 Å². The van der Waals surface area contributed by atoms with Gasteiger partial charge in [0.05, 0.1) is 40.6 Å². The first-order valence-electron chi connectivity index (χ1n) is 13.2. The molecular formula is C30H28FN9O. The van der Waals surface area contributed by atoms with Crippen molar-refractivity contribution in [3.8, 4) is 23.4 Å². The molecule has 0 radical (unpaired) electrons. The number of hydrogen-bond acceptors (Lipinski definition) is 8. The normalized spacial score (nSPS) is 13.4. The summed E-state index contributed by atoms with van der Waals surface area (Å²) in [5.74, 6) is -0.801. The summed E-state index contributed by atoms with van der Waals surface area (Å²) in [6.45, 7) is 9.64. The van der Waals surface area contributed by atoms with E-state index < -0.39 is 11.7 Å². The van der Waals surface area contributed by atoms with Crippen LogP contribution in [0, 0.1) is 28.5 Å². The third kappa shape index (κ3) is 5.57. The summed E-state index contributed by atoms with van der Waals surface area (Å²) in [6, 6.07) is 14.7. The molecule has 2 aromatic heterocycles.